The molecule has 0 radical (unpaired) electrons. The maximum Gasteiger partial charge on any atom is 0.414 e. The second-order valence-corrected chi connectivity index (χ2v) is 8.63. The molecule has 1 unspecified atom stereocenters. The topological polar surface area (TPSA) is 112 Å². The van der Waals surface area contributed by atoms with E-state index in [4.69, 9.17) is 4.74 Å². The van der Waals surface area contributed by atoms with Crippen LogP contribution in [0.25, 0.3) is 11.1 Å². The van der Waals surface area contributed by atoms with E-state index in [1.165, 1.54) is 17.9 Å². The van der Waals surface area contributed by atoms with Crippen molar-refractivity contribution in [2.75, 3.05) is 23.3 Å². The number of rotatable bonds is 6. The number of hydrogen-bond acceptors (Lipinski definition) is 6. The number of nitrogens with one attached hydrogen (secondary N) is 3. The summed E-state index contributed by atoms with van der Waals surface area (Å²) in [5, 5.41) is 16.8. The highest BCUT2D eigenvalue weighted by Gasteiger charge is 2.32. The van der Waals surface area contributed by atoms with E-state index >= 15 is 4.39 Å². The number of aryl methyl sites for hydroxylation is 1. The van der Waals surface area contributed by atoms with Crippen LogP contribution in [-0.2, 0) is 22.4 Å². The third-order valence-corrected chi connectivity index (χ3v) is 6.18. The fourth-order valence-electron chi connectivity index (χ4n) is 4.46. The van der Waals surface area contributed by atoms with E-state index in [0.717, 1.165) is 41.8 Å². The number of halogens is 2. The average Bonchev–Trinajstić information content (AvgIpc) is 3.46. The zero-order valence-corrected chi connectivity index (χ0v) is 19.9. The Kier molecular flexibility index (Phi) is 7.20. The van der Waals surface area contributed by atoms with Gasteiger partial charge in [-0.25, -0.2) is 9.18 Å². The van der Waals surface area contributed by atoms with Crippen LogP contribution in [0.3, 0.4) is 0 Å². The molecule has 2 aromatic carbocycles. The molecule has 0 aliphatic carbocycles. The Morgan fingerprint density at radius 2 is 2.14 bits per heavy atom. The van der Waals surface area contributed by atoms with E-state index < -0.39 is 18.0 Å². The Morgan fingerprint density at radius 3 is 2.89 bits per heavy atom. The van der Waals surface area contributed by atoms with Gasteiger partial charge in [-0.05, 0) is 54.3 Å². The molecule has 184 valence electrons. The summed E-state index contributed by atoms with van der Waals surface area (Å²) in [5.41, 5.74) is 4.78. The molecule has 0 spiro atoms. The van der Waals surface area contributed by atoms with E-state index in [0.29, 0.717) is 11.3 Å². The van der Waals surface area contributed by atoms with Gasteiger partial charge in [0.05, 0.1) is 30.7 Å². The number of amides is 2. The van der Waals surface area contributed by atoms with Crippen LogP contribution in [0.15, 0.2) is 42.6 Å². The van der Waals surface area contributed by atoms with E-state index in [1.54, 1.807) is 18.3 Å². The number of benzene rings is 2. The van der Waals surface area contributed by atoms with Crippen LogP contribution < -0.4 is 15.5 Å². The molecule has 1 fully saturated rings. The predicted octanol–water partition coefficient (Wildman–Crippen LogP) is 3.46. The SMILES string of the molecule is CC(=O)NC[C@H]1CN(c2ccc(-c3ccc4c(c3)CCC(Cc3cn[nH]n3)N4)c(F)c2)C(=O)O1.Cl. The number of cyclic esters (lactones) is 1. The van der Waals surface area contributed by atoms with Crippen LogP contribution in [-0.4, -0.2) is 52.6 Å². The van der Waals surface area contributed by atoms with Gasteiger partial charge in [-0.3, -0.25) is 9.69 Å². The number of H-pyrrole nitrogens is 1. The highest BCUT2D eigenvalue weighted by Crippen LogP contribution is 2.33. The average molecular weight is 501 g/mol. The van der Waals surface area contributed by atoms with Gasteiger partial charge < -0.3 is 15.4 Å². The molecule has 9 nitrogen and oxygen atoms in total. The van der Waals surface area contributed by atoms with Crippen molar-refractivity contribution in [3.8, 4) is 11.1 Å². The number of hydrogen-bond donors (Lipinski definition) is 3. The Balaban J connectivity index is 0.00000289. The van der Waals surface area contributed by atoms with Crippen molar-refractivity contribution < 1.29 is 18.7 Å². The molecule has 3 aromatic rings. The van der Waals surface area contributed by atoms with Gasteiger partial charge in [0.1, 0.15) is 11.9 Å². The van der Waals surface area contributed by atoms with Crippen molar-refractivity contribution in [1.29, 1.82) is 0 Å². The molecule has 1 saturated heterocycles. The Labute approximate surface area is 207 Å². The fourth-order valence-corrected chi connectivity index (χ4v) is 4.46. The summed E-state index contributed by atoms with van der Waals surface area (Å²) in [4.78, 5) is 24.7. The van der Waals surface area contributed by atoms with Gasteiger partial charge in [-0.15, -0.1) is 12.4 Å². The van der Waals surface area contributed by atoms with Crippen LogP contribution >= 0.6 is 12.4 Å². The zero-order valence-electron chi connectivity index (χ0n) is 19.1. The molecule has 0 bridgehead atoms. The quantitative estimate of drug-likeness (QED) is 0.478. The number of carbonyl (C=O) groups is 2. The van der Waals surface area contributed by atoms with E-state index in [1.807, 2.05) is 18.2 Å². The number of aromatic nitrogens is 3. The predicted molar refractivity (Wildman–Crippen MR) is 131 cm³/mol. The van der Waals surface area contributed by atoms with Gasteiger partial charge in [0.2, 0.25) is 5.91 Å². The molecule has 2 aliphatic rings. The minimum atomic E-state index is -0.553. The van der Waals surface area contributed by atoms with Crippen LogP contribution in [0.2, 0.25) is 0 Å². The molecule has 35 heavy (non-hydrogen) atoms. The maximum atomic E-state index is 15.1. The first-order chi connectivity index (χ1) is 16.5. The molecule has 3 heterocycles. The summed E-state index contributed by atoms with van der Waals surface area (Å²) in [7, 11) is 0. The lowest BCUT2D eigenvalue weighted by molar-refractivity contribution is -0.119. The van der Waals surface area contributed by atoms with Crippen molar-refractivity contribution in [3.63, 3.8) is 0 Å². The molecule has 1 aromatic heterocycles. The highest BCUT2D eigenvalue weighted by atomic mass is 35.5. The molecular weight excluding hydrogens is 475 g/mol. The number of nitrogens with zero attached hydrogens (tertiary/aromatic N) is 3. The second-order valence-electron chi connectivity index (χ2n) is 8.63. The van der Waals surface area contributed by atoms with Crippen molar-refractivity contribution in [1.82, 2.24) is 20.7 Å². The maximum absolute atomic E-state index is 15.1. The first kappa shape index (κ1) is 24.5. The number of carbonyl (C=O) groups excluding carboxylic acids is 2. The number of fused-ring (bicyclic) bond motifs is 1. The molecule has 2 atom stereocenters. The molecular formula is C24H26ClFN6O3. The van der Waals surface area contributed by atoms with Crippen LogP contribution in [0.5, 0.6) is 0 Å². The second kappa shape index (κ2) is 10.3. The largest absolute Gasteiger partial charge is 0.442 e. The lowest BCUT2D eigenvalue weighted by Gasteiger charge is -2.27. The van der Waals surface area contributed by atoms with Gasteiger partial charge in [-0.1, -0.05) is 6.07 Å². The van der Waals surface area contributed by atoms with Crippen LogP contribution in [0.4, 0.5) is 20.6 Å². The fraction of sp³-hybridized carbons (Fsp3) is 0.333. The molecule has 3 N–H and O–H groups in total. The van der Waals surface area contributed by atoms with E-state index in [-0.39, 0.29) is 37.4 Å². The Hall–Kier alpha value is -3.66. The number of ether oxygens (including phenoxy) is 1. The van der Waals surface area contributed by atoms with Crippen LogP contribution in [0, 0.1) is 5.82 Å². The van der Waals surface area contributed by atoms with Crippen molar-refractivity contribution in [2.24, 2.45) is 0 Å². The van der Waals surface area contributed by atoms with Gasteiger partial charge in [0.25, 0.3) is 0 Å². The standard InChI is InChI=1S/C24H25FN6O3.ClH/c1-14(32)26-12-20-13-31(24(33)34-20)19-5-6-21(22(25)10-19)15-3-7-23-16(8-15)2-4-17(28-23)9-18-11-27-30-29-18;/h3,5-8,10-11,17,20,28H,2,4,9,12-13H2,1H3,(H,26,32)(H,27,29,30);1H/t17?,20-;/m0./s1. The van der Waals surface area contributed by atoms with E-state index in [9.17, 15) is 9.59 Å². The third-order valence-electron chi connectivity index (χ3n) is 6.18. The molecule has 0 saturated carbocycles. The molecule has 2 amide bonds. The summed E-state index contributed by atoms with van der Waals surface area (Å²) >= 11 is 0. The van der Waals surface area contributed by atoms with Gasteiger partial charge in [0, 0.05) is 30.6 Å². The summed E-state index contributed by atoms with van der Waals surface area (Å²) in [5.74, 6) is -0.612. The zero-order chi connectivity index (χ0) is 23.7. The third kappa shape index (κ3) is 5.37. The Morgan fingerprint density at radius 1 is 1.29 bits per heavy atom. The summed E-state index contributed by atoms with van der Waals surface area (Å²) < 4.78 is 20.4. The first-order valence-electron chi connectivity index (χ1n) is 11.2. The summed E-state index contributed by atoms with van der Waals surface area (Å²) in [6, 6.07) is 10.9. The van der Waals surface area contributed by atoms with Crippen LogP contribution in [0.1, 0.15) is 24.6 Å². The van der Waals surface area contributed by atoms with Gasteiger partial charge in [-0.2, -0.15) is 15.4 Å². The monoisotopic (exact) mass is 500 g/mol. The van der Waals surface area contributed by atoms with Gasteiger partial charge in [0.15, 0.2) is 0 Å². The first-order valence-corrected chi connectivity index (χ1v) is 11.2. The summed E-state index contributed by atoms with van der Waals surface area (Å²) in [6.07, 6.45) is 3.33. The minimum absolute atomic E-state index is 0. The number of anilines is 2. The van der Waals surface area contributed by atoms with E-state index in [2.05, 4.69) is 26.0 Å². The smallest absolute Gasteiger partial charge is 0.414 e. The molecule has 5 rings (SSSR count). The normalized spacial score (nSPS) is 18.8. The Bertz CT molecular complexity index is 1220. The van der Waals surface area contributed by atoms with Crippen molar-refractivity contribution >= 4 is 35.8 Å². The van der Waals surface area contributed by atoms with Crippen molar-refractivity contribution in [3.05, 3.63) is 59.7 Å². The highest BCUT2D eigenvalue weighted by molar-refractivity contribution is 5.90. The lowest BCUT2D eigenvalue weighted by atomic mass is 9.92. The minimum Gasteiger partial charge on any atom is -0.442 e. The molecule has 2 aliphatic heterocycles. The number of aromatic amines is 1. The van der Waals surface area contributed by atoms with Crippen molar-refractivity contribution in [2.45, 2.75) is 38.3 Å². The molecule has 11 heteroatoms. The van der Waals surface area contributed by atoms with Gasteiger partial charge >= 0.3 is 6.09 Å². The summed E-state index contributed by atoms with van der Waals surface area (Å²) in [6.45, 7) is 1.87. The lowest BCUT2D eigenvalue weighted by Crippen LogP contribution is -2.33.